The Morgan fingerprint density at radius 1 is 1.75 bits per heavy atom. The summed E-state index contributed by atoms with van der Waals surface area (Å²) >= 11 is 0. The van der Waals surface area contributed by atoms with Gasteiger partial charge in [-0.25, -0.2) is 0 Å². The lowest BCUT2D eigenvalue weighted by molar-refractivity contribution is 0.533. The fourth-order valence-corrected chi connectivity index (χ4v) is 0.990. The lowest BCUT2D eigenvalue weighted by Gasteiger charge is -2.11. The van der Waals surface area contributed by atoms with Crippen LogP contribution in [0.3, 0.4) is 0 Å². The minimum Gasteiger partial charge on any atom is -0.300 e. The predicted molar refractivity (Wildman–Crippen MR) is 31.3 cm³/mol. The fraction of sp³-hybridized carbons (Fsp3) is 0.833. The van der Waals surface area contributed by atoms with Gasteiger partial charge in [-0.2, -0.15) is 5.26 Å². The van der Waals surface area contributed by atoms with Gasteiger partial charge in [0.25, 0.3) is 0 Å². The van der Waals surface area contributed by atoms with Gasteiger partial charge in [0.1, 0.15) is 5.54 Å². The molecule has 0 aromatic heterocycles. The molecule has 1 atom stereocenters. The molecular formula is C6H10N2. The predicted octanol–water partition coefficient (Wildman–Crippen LogP) is 0.652. The highest BCUT2D eigenvalue weighted by Gasteiger charge is 2.26. The van der Waals surface area contributed by atoms with Crippen molar-refractivity contribution < 1.29 is 0 Å². The molecule has 0 saturated carbocycles. The van der Waals surface area contributed by atoms with Crippen LogP contribution in [0.2, 0.25) is 0 Å². The lowest BCUT2D eigenvalue weighted by Crippen LogP contribution is -2.33. The van der Waals surface area contributed by atoms with Gasteiger partial charge >= 0.3 is 0 Å². The molecule has 0 aromatic carbocycles. The second-order valence-electron chi connectivity index (χ2n) is 2.47. The molecule has 1 aliphatic heterocycles. The van der Waals surface area contributed by atoms with Gasteiger partial charge in [-0.3, -0.25) is 5.32 Å². The van der Waals surface area contributed by atoms with Crippen LogP contribution in [-0.4, -0.2) is 12.1 Å². The normalized spacial score (nSPS) is 37.0. The minimum atomic E-state index is -0.208. The van der Waals surface area contributed by atoms with E-state index >= 15 is 0 Å². The molecule has 8 heavy (non-hydrogen) atoms. The first kappa shape index (κ1) is 5.58. The highest BCUT2D eigenvalue weighted by Crippen LogP contribution is 2.15. The molecule has 1 N–H and O–H groups in total. The Bertz CT molecular complexity index is 117. The molecule has 1 fully saturated rings. The Morgan fingerprint density at radius 3 is 2.75 bits per heavy atom. The molecule has 2 heteroatoms. The first-order valence-electron chi connectivity index (χ1n) is 2.93. The van der Waals surface area contributed by atoms with Gasteiger partial charge in [-0.1, -0.05) is 0 Å². The van der Waals surface area contributed by atoms with Gasteiger partial charge in [0.15, 0.2) is 0 Å². The van der Waals surface area contributed by atoms with Crippen molar-refractivity contribution in [2.75, 3.05) is 6.54 Å². The van der Waals surface area contributed by atoms with E-state index in [9.17, 15) is 0 Å². The summed E-state index contributed by atoms with van der Waals surface area (Å²) < 4.78 is 0. The Labute approximate surface area is 49.5 Å². The third-order valence-electron chi connectivity index (χ3n) is 1.62. The maximum absolute atomic E-state index is 8.51. The molecule has 0 spiro atoms. The van der Waals surface area contributed by atoms with E-state index in [1.807, 2.05) is 6.92 Å². The molecule has 0 radical (unpaired) electrons. The van der Waals surface area contributed by atoms with Gasteiger partial charge in [-0.15, -0.1) is 0 Å². The van der Waals surface area contributed by atoms with Crippen molar-refractivity contribution in [1.82, 2.24) is 5.32 Å². The van der Waals surface area contributed by atoms with Gasteiger partial charge in [-0.05, 0) is 26.3 Å². The molecule has 1 rings (SSSR count). The van der Waals surface area contributed by atoms with E-state index in [2.05, 4.69) is 11.4 Å². The molecule has 1 aliphatic rings. The van der Waals surface area contributed by atoms with Crippen LogP contribution in [0.1, 0.15) is 19.8 Å². The van der Waals surface area contributed by atoms with E-state index in [4.69, 9.17) is 5.26 Å². The lowest BCUT2D eigenvalue weighted by atomic mass is 10.0. The minimum absolute atomic E-state index is 0.208. The highest BCUT2D eigenvalue weighted by atomic mass is 15.0. The van der Waals surface area contributed by atoms with Crippen LogP contribution in [0, 0.1) is 11.3 Å². The van der Waals surface area contributed by atoms with Crippen LogP contribution in [0.25, 0.3) is 0 Å². The van der Waals surface area contributed by atoms with Gasteiger partial charge in [0, 0.05) is 0 Å². The van der Waals surface area contributed by atoms with Crippen molar-refractivity contribution >= 4 is 0 Å². The van der Waals surface area contributed by atoms with E-state index in [-0.39, 0.29) is 5.54 Å². The quantitative estimate of drug-likeness (QED) is 0.497. The largest absolute Gasteiger partial charge is 0.300 e. The molecule has 0 unspecified atom stereocenters. The van der Waals surface area contributed by atoms with E-state index in [1.54, 1.807) is 0 Å². The molecule has 0 amide bonds. The summed E-state index contributed by atoms with van der Waals surface area (Å²) in [4.78, 5) is 0. The van der Waals surface area contributed by atoms with Crippen LogP contribution in [0.15, 0.2) is 0 Å². The first-order chi connectivity index (χ1) is 3.77. The van der Waals surface area contributed by atoms with Crippen molar-refractivity contribution in [2.24, 2.45) is 0 Å². The van der Waals surface area contributed by atoms with E-state index in [1.165, 1.54) is 0 Å². The number of hydrogen-bond acceptors (Lipinski definition) is 2. The second-order valence-corrected chi connectivity index (χ2v) is 2.47. The Kier molecular flexibility index (Phi) is 1.22. The van der Waals surface area contributed by atoms with E-state index in [0.29, 0.717) is 0 Å². The zero-order chi connectivity index (χ0) is 6.04. The van der Waals surface area contributed by atoms with E-state index < -0.39 is 0 Å². The molecule has 0 bridgehead atoms. The summed E-state index contributed by atoms with van der Waals surface area (Å²) in [6.07, 6.45) is 2.15. The van der Waals surface area contributed by atoms with E-state index in [0.717, 1.165) is 19.4 Å². The number of rotatable bonds is 0. The van der Waals surface area contributed by atoms with Crippen molar-refractivity contribution in [1.29, 1.82) is 5.26 Å². The number of nitriles is 1. The molecule has 0 aliphatic carbocycles. The van der Waals surface area contributed by atoms with Crippen LogP contribution in [0.5, 0.6) is 0 Å². The Balaban J connectivity index is 2.56. The Hall–Kier alpha value is -0.550. The van der Waals surface area contributed by atoms with Crippen molar-refractivity contribution in [2.45, 2.75) is 25.3 Å². The third-order valence-corrected chi connectivity index (χ3v) is 1.62. The maximum Gasteiger partial charge on any atom is 0.103 e. The van der Waals surface area contributed by atoms with Gasteiger partial charge in [0.05, 0.1) is 6.07 Å². The molecule has 44 valence electrons. The summed E-state index contributed by atoms with van der Waals surface area (Å²) in [5.41, 5.74) is -0.208. The number of hydrogen-bond donors (Lipinski definition) is 1. The van der Waals surface area contributed by atoms with Crippen LogP contribution in [0.4, 0.5) is 0 Å². The summed E-state index contributed by atoms with van der Waals surface area (Å²) in [6, 6.07) is 2.23. The smallest absolute Gasteiger partial charge is 0.103 e. The molecule has 2 nitrogen and oxygen atoms in total. The molecule has 1 heterocycles. The zero-order valence-electron chi connectivity index (χ0n) is 5.07. The SMILES string of the molecule is C[C@@]1(C#N)CCCN1. The molecule has 0 aromatic rings. The fourth-order valence-electron chi connectivity index (χ4n) is 0.990. The van der Waals surface area contributed by atoms with Crippen molar-refractivity contribution in [3.8, 4) is 6.07 Å². The average molecular weight is 110 g/mol. The van der Waals surface area contributed by atoms with Crippen molar-refractivity contribution in [3.05, 3.63) is 0 Å². The standard InChI is InChI=1S/C6H10N2/c1-6(5-7)3-2-4-8-6/h8H,2-4H2,1H3/t6-/m0/s1. The number of nitrogens with zero attached hydrogens (tertiary/aromatic N) is 1. The Morgan fingerprint density at radius 2 is 2.50 bits per heavy atom. The third kappa shape index (κ3) is 0.823. The maximum atomic E-state index is 8.51. The number of nitrogens with one attached hydrogen (secondary N) is 1. The van der Waals surface area contributed by atoms with Gasteiger partial charge in [0.2, 0.25) is 0 Å². The first-order valence-corrected chi connectivity index (χ1v) is 2.93. The molecular weight excluding hydrogens is 100 g/mol. The summed E-state index contributed by atoms with van der Waals surface area (Å²) in [6.45, 7) is 2.95. The summed E-state index contributed by atoms with van der Waals surface area (Å²) in [5.74, 6) is 0. The average Bonchev–Trinajstić information content (AvgIpc) is 2.17. The van der Waals surface area contributed by atoms with Crippen molar-refractivity contribution in [3.63, 3.8) is 0 Å². The second kappa shape index (κ2) is 1.75. The summed E-state index contributed by atoms with van der Waals surface area (Å²) in [5, 5.41) is 11.6. The van der Waals surface area contributed by atoms with Crippen LogP contribution >= 0.6 is 0 Å². The molecule has 1 saturated heterocycles. The zero-order valence-corrected chi connectivity index (χ0v) is 5.07. The monoisotopic (exact) mass is 110 g/mol. The topological polar surface area (TPSA) is 35.8 Å². The van der Waals surface area contributed by atoms with Crippen LogP contribution in [-0.2, 0) is 0 Å². The van der Waals surface area contributed by atoms with Gasteiger partial charge < -0.3 is 0 Å². The highest BCUT2D eigenvalue weighted by molar-refractivity contribution is 5.06. The summed E-state index contributed by atoms with van der Waals surface area (Å²) in [7, 11) is 0. The van der Waals surface area contributed by atoms with Crippen LogP contribution < -0.4 is 5.32 Å².